The minimum Gasteiger partial charge on any atom is -0.490 e. The van der Waals surface area contributed by atoms with Gasteiger partial charge in [0, 0.05) is 23.6 Å². The average molecular weight is 445 g/mol. The normalized spacial score (nSPS) is 14.8. The first-order valence-electron chi connectivity index (χ1n) is 11.4. The molecule has 4 rings (SSSR count). The van der Waals surface area contributed by atoms with Crippen molar-refractivity contribution >= 4 is 5.78 Å². The fourth-order valence-electron chi connectivity index (χ4n) is 4.25. The molecular formula is C26H28N4O3. The number of aromatic nitrogens is 2. The highest BCUT2D eigenvalue weighted by Gasteiger charge is 2.26. The van der Waals surface area contributed by atoms with Gasteiger partial charge in [0.2, 0.25) is 5.82 Å². The number of benzene rings is 2. The van der Waals surface area contributed by atoms with E-state index in [-0.39, 0.29) is 17.9 Å². The summed E-state index contributed by atoms with van der Waals surface area (Å²) in [6.45, 7) is 6.29. The Morgan fingerprint density at radius 1 is 1.33 bits per heavy atom. The molecule has 0 saturated carbocycles. The molecule has 1 N–H and O–H groups in total. The van der Waals surface area contributed by atoms with Gasteiger partial charge in [-0.05, 0) is 75.9 Å². The Morgan fingerprint density at radius 2 is 2.18 bits per heavy atom. The lowest BCUT2D eigenvalue weighted by Gasteiger charge is -2.14. The van der Waals surface area contributed by atoms with E-state index in [1.54, 1.807) is 19.1 Å². The van der Waals surface area contributed by atoms with E-state index in [1.165, 1.54) is 11.1 Å². The number of ketones is 1. The van der Waals surface area contributed by atoms with Gasteiger partial charge in [-0.1, -0.05) is 23.4 Å². The van der Waals surface area contributed by atoms with Gasteiger partial charge in [-0.15, -0.1) is 0 Å². The highest BCUT2D eigenvalue weighted by Crippen LogP contribution is 2.37. The van der Waals surface area contributed by atoms with Gasteiger partial charge in [-0.25, -0.2) is 0 Å². The fourth-order valence-corrected chi connectivity index (χ4v) is 4.25. The zero-order valence-electron chi connectivity index (χ0n) is 19.2. The quantitative estimate of drug-likeness (QED) is 0.463. The van der Waals surface area contributed by atoms with Crippen molar-refractivity contribution in [1.29, 1.82) is 5.26 Å². The van der Waals surface area contributed by atoms with Crippen molar-refractivity contribution in [3.63, 3.8) is 0 Å². The highest BCUT2D eigenvalue weighted by molar-refractivity contribution is 5.75. The largest absolute Gasteiger partial charge is 0.490 e. The van der Waals surface area contributed by atoms with Crippen LogP contribution < -0.4 is 10.1 Å². The number of Topliss-reactive ketones (excluding diaryl/α,β-unsaturated/α-hetero) is 1. The number of carbonyl (C=O) groups is 1. The van der Waals surface area contributed by atoms with E-state index in [0.29, 0.717) is 35.0 Å². The SMILES string of the molecule is CC(=O)CCCN[C@H]1CCc2c(-c3noc(-c4ccc(OC(C)C)c(C#N)c4)n3)cccc21. The number of nitrogens with zero attached hydrogens (tertiary/aromatic N) is 3. The van der Waals surface area contributed by atoms with E-state index in [4.69, 9.17) is 9.26 Å². The molecule has 0 radical (unpaired) electrons. The van der Waals surface area contributed by atoms with E-state index >= 15 is 0 Å². The molecule has 0 fully saturated rings. The Labute approximate surface area is 193 Å². The maximum absolute atomic E-state index is 11.2. The first kappa shape index (κ1) is 22.7. The fraction of sp³-hybridized carbons (Fsp3) is 0.385. The van der Waals surface area contributed by atoms with Gasteiger partial charge in [-0.3, -0.25) is 0 Å². The van der Waals surface area contributed by atoms with Crippen molar-refractivity contribution in [2.24, 2.45) is 0 Å². The van der Waals surface area contributed by atoms with Crippen LogP contribution in [0.2, 0.25) is 0 Å². The topological polar surface area (TPSA) is 101 Å². The lowest BCUT2D eigenvalue weighted by atomic mass is 10.0. The van der Waals surface area contributed by atoms with Crippen LogP contribution in [0.1, 0.15) is 62.8 Å². The molecule has 7 heteroatoms. The third-order valence-corrected chi connectivity index (χ3v) is 5.74. The number of hydrogen-bond donors (Lipinski definition) is 1. The van der Waals surface area contributed by atoms with E-state index in [9.17, 15) is 10.1 Å². The van der Waals surface area contributed by atoms with Gasteiger partial charge in [0.25, 0.3) is 5.89 Å². The maximum atomic E-state index is 11.2. The second-order valence-electron chi connectivity index (χ2n) is 8.64. The number of rotatable bonds is 9. The molecule has 1 aliphatic rings. The number of hydrogen-bond acceptors (Lipinski definition) is 7. The smallest absolute Gasteiger partial charge is 0.258 e. The second kappa shape index (κ2) is 9.97. The molecule has 0 spiro atoms. The molecule has 33 heavy (non-hydrogen) atoms. The van der Waals surface area contributed by atoms with Gasteiger partial charge in [-0.2, -0.15) is 10.2 Å². The van der Waals surface area contributed by atoms with Crippen LogP contribution in [0.25, 0.3) is 22.8 Å². The van der Waals surface area contributed by atoms with Gasteiger partial charge in [0.1, 0.15) is 17.6 Å². The molecule has 3 aromatic rings. The molecule has 0 amide bonds. The predicted octanol–water partition coefficient (Wildman–Crippen LogP) is 5.01. The standard InChI is InChI=1S/C26H28N4O3/c1-16(2)32-24-12-9-18(14-19(24)15-27)26-29-25(30-33-26)22-8-4-7-21-20(22)10-11-23(21)28-13-5-6-17(3)31/h4,7-9,12,14,16,23,28H,5-6,10-11,13H2,1-3H3/t23-/m0/s1. The number of ether oxygens (including phenoxy) is 1. The van der Waals surface area contributed by atoms with Crippen LogP contribution in [0, 0.1) is 11.3 Å². The van der Waals surface area contributed by atoms with Crippen molar-refractivity contribution in [3.05, 3.63) is 53.1 Å². The molecule has 0 aliphatic heterocycles. The summed E-state index contributed by atoms with van der Waals surface area (Å²) >= 11 is 0. The molecule has 1 atom stereocenters. The first-order valence-corrected chi connectivity index (χ1v) is 11.4. The van der Waals surface area contributed by atoms with E-state index in [2.05, 4.69) is 27.6 Å². The average Bonchev–Trinajstić information content (AvgIpc) is 3.44. The van der Waals surface area contributed by atoms with E-state index in [0.717, 1.165) is 31.4 Å². The Morgan fingerprint density at radius 3 is 2.94 bits per heavy atom. The Kier molecular flexibility index (Phi) is 6.85. The molecule has 2 aromatic carbocycles. The third kappa shape index (κ3) is 5.12. The van der Waals surface area contributed by atoms with Crippen LogP contribution in [0.5, 0.6) is 5.75 Å². The summed E-state index contributed by atoms with van der Waals surface area (Å²) in [6, 6.07) is 13.9. The minimum absolute atomic E-state index is 0.0226. The number of nitriles is 1. The van der Waals surface area contributed by atoms with Crippen LogP contribution in [0.4, 0.5) is 0 Å². The van der Waals surface area contributed by atoms with Gasteiger partial charge >= 0.3 is 0 Å². The van der Waals surface area contributed by atoms with Crippen LogP contribution in [0.15, 0.2) is 40.9 Å². The summed E-state index contributed by atoms with van der Waals surface area (Å²) in [7, 11) is 0. The van der Waals surface area contributed by atoms with Gasteiger partial charge < -0.3 is 19.4 Å². The van der Waals surface area contributed by atoms with Crippen LogP contribution in [-0.4, -0.2) is 28.6 Å². The van der Waals surface area contributed by atoms with E-state index in [1.807, 2.05) is 32.0 Å². The third-order valence-electron chi connectivity index (χ3n) is 5.74. The van der Waals surface area contributed by atoms with Crippen LogP contribution >= 0.6 is 0 Å². The molecule has 0 unspecified atom stereocenters. The first-order chi connectivity index (χ1) is 16.0. The van der Waals surface area contributed by atoms with Crippen molar-refractivity contribution in [3.8, 4) is 34.7 Å². The Hall–Kier alpha value is -3.50. The van der Waals surface area contributed by atoms with Crippen molar-refractivity contribution in [2.45, 2.75) is 58.6 Å². The minimum atomic E-state index is -0.0226. The second-order valence-corrected chi connectivity index (χ2v) is 8.64. The highest BCUT2D eigenvalue weighted by atomic mass is 16.5. The summed E-state index contributed by atoms with van der Waals surface area (Å²) in [6.07, 6.45) is 3.36. The summed E-state index contributed by atoms with van der Waals surface area (Å²) in [5.74, 6) is 1.67. The van der Waals surface area contributed by atoms with Crippen molar-refractivity contribution in [1.82, 2.24) is 15.5 Å². The number of carbonyl (C=O) groups excluding carboxylic acids is 1. The summed E-state index contributed by atoms with van der Waals surface area (Å²) in [5.41, 5.74) is 4.56. The Balaban J connectivity index is 1.54. The van der Waals surface area contributed by atoms with Crippen LogP contribution in [0.3, 0.4) is 0 Å². The molecular weight excluding hydrogens is 416 g/mol. The lowest BCUT2D eigenvalue weighted by Crippen LogP contribution is -2.20. The van der Waals surface area contributed by atoms with Gasteiger partial charge in [0.15, 0.2) is 0 Å². The van der Waals surface area contributed by atoms with Crippen molar-refractivity contribution in [2.75, 3.05) is 6.54 Å². The summed E-state index contributed by atoms with van der Waals surface area (Å²) in [4.78, 5) is 15.8. The maximum Gasteiger partial charge on any atom is 0.258 e. The Bertz CT molecular complexity index is 1190. The van der Waals surface area contributed by atoms with Crippen LogP contribution in [-0.2, 0) is 11.2 Å². The molecule has 0 saturated heterocycles. The number of nitrogens with one attached hydrogen (secondary N) is 1. The predicted molar refractivity (Wildman–Crippen MR) is 125 cm³/mol. The zero-order valence-corrected chi connectivity index (χ0v) is 19.2. The zero-order chi connectivity index (χ0) is 23.4. The number of fused-ring (bicyclic) bond motifs is 1. The lowest BCUT2D eigenvalue weighted by molar-refractivity contribution is -0.117. The van der Waals surface area contributed by atoms with E-state index < -0.39 is 0 Å². The molecule has 1 heterocycles. The molecule has 0 bridgehead atoms. The molecule has 1 aromatic heterocycles. The summed E-state index contributed by atoms with van der Waals surface area (Å²) < 4.78 is 11.3. The molecule has 1 aliphatic carbocycles. The van der Waals surface area contributed by atoms with Crippen molar-refractivity contribution < 1.29 is 14.1 Å². The molecule has 170 valence electrons. The summed E-state index contributed by atoms with van der Waals surface area (Å²) in [5, 5.41) is 17.3. The van der Waals surface area contributed by atoms with Gasteiger partial charge in [0.05, 0.1) is 11.7 Å². The molecule has 7 nitrogen and oxygen atoms in total. The monoisotopic (exact) mass is 444 g/mol.